The van der Waals surface area contributed by atoms with Crippen LogP contribution in [0.5, 0.6) is 0 Å². The number of nitrogens with one attached hydrogen (secondary N) is 2. The summed E-state index contributed by atoms with van der Waals surface area (Å²) in [5, 5.41) is 8.00. The maximum absolute atomic E-state index is 12.9. The largest absolute Gasteiger partial charge is 0.379 e. The Morgan fingerprint density at radius 2 is 1.85 bits per heavy atom. The zero-order valence-electron chi connectivity index (χ0n) is 18.3. The van der Waals surface area contributed by atoms with E-state index in [2.05, 4.69) is 20.7 Å². The molecule has 2 N–H and O–H groups in total. The molecule has 3 rings (SSSR count). The molecule has 0 unspecified atom stereocenters. The first-order valence-electron chi connectivity index (χ1n) is 11.0. The van der Waals surface area contributed by atoms with E-state index >= 15 is 0 Å². The first-order chi connectivity index (χ1) is 16.0. The van der Waals surface area contributed by atoms with Gasteiger partial charge in [-0.2, -0.15) is 5.10 Å². The third-order valence-corrected chi connectivity index (χ3v) is 5.92. The Morgan fingerprint density at radius 1 is 1.09 bits per heavy atom. The number of nitrogens with zero attached hydrogens (tertiary/aromatic N) is 2. The van der Waals surface area contributed by atoms with Crippen molar-refractivity contribution < 1.29 is 14.3 Å². The van der Waals surface area contributed by atoms with Gasteiger partial charge in [0.05, 0.1) is 30.5 Å². The van der Waals surface area contributed by atoms with Crippen LogP contribution in [0.15, 0.2) is 53.6 Å². The molecule has 1 fully saturated rings. The van der Waals surface area contributed by atoms with Crippen molar-refractivity contribution >= 4 is 41.2 Å². The fourth-order valence-electron chi connectivity index (χ4n) is 3.57. The molecule has 1 atom stereocenters. The molecular formula is C24H28Cl2N4O3. The Balaban J connectivity index is 1.49. The highest BCUT2D eigenvalue weighted by molar-refractivity contribution is 6.36. The fraction of sp³-hybridized carbons (Fsp3) is 0.375. The van der Waals surface area contributed by atoms with Crippen molar-refractivity contribution in [1.29, 1.82) is 0 Å². The summed E-state index contributed by atoms with van der Waals surface area (Å²) in [5.41, 5.74) is 3.94. The van der Waals surface area contributed by atoms with E-state index in [9.17, 15) is 9.59 Å². The van der Waals surface area contributed by atoms with Gasteiger partial charge in [0.1, 0.15) is 0 Å². The molecule has 0 bridgehead atoms. The van der Waals surface area contributed by atoms with Gasteiger partial charge in [-0.25, -0.2) is 5.43 Å². The van der Waals surface area contributed by atoms with Crippen LogP contribution in [0.1, 0.15) is 35.2 Å². The summed E-state index contributed by atoms with van der Waals surface area (Å²) in [4.78, 5) is 27.2. The minimum Gasteiger partial charge on any atom is -0.379 e. The van der Waals surface area contributed by atoms with Crippen LogP contribution in [0.4, 0.5) is 0 Å². The Kier molecular flexibility index (Phi) is 10.2. The zero-order valence-corrected chi connectivity index (χ0v) is 19.8. The number of unbranched alkanes of at least 4 members (excludes halogenated alkanes) is 1. The number of rotatable bonds is 10. The number of amides is 2. The molecule has 0 aromatic heterocycles. The summed E-state index contributed by atoms with van der Waals surface area (Å²) in [5.74, 6) is -0.264. The SMILES string of the molecule is O=C(NCCCC[C@@H](C(=O)N/N=C/c1ccc(Cl)cc1Cl)N1CCOCC1)c1ccccc1. The summed E-state index contributed by atoms with van der Waals surface area (Å²) >= 11 is 12.1. The van der Waals surface area contributed by atoms with Crippen molar-refractivity contribution in [2.45, 2.75) is 25.3 Å². The number of morpholine rings is 1. The van der Waals surface area contributed by atoms with E-state index in [0.29, 0.717) is 60.4 Å². The van der Waals surface area contributed by atoms with Crippen LogP contribution in [0.2, 0.25) is 10.0 Å². The molecule has 33 heavy (non-hydrogen) atoms. The number of carbonyl (C=O) groups is 2. The summed E-state index contributed by atoms with van der Waals surface area (Å²) < 4.78 is 5.43. The van der Waals surface area contributed by atoms with Gasteiger partial charge < -0.3 is 10.1 Å². The lowest BCUT2D eigenvalue weighted by Crippen LogP contribution is -2.50. The maximum Gasteiger partial charge on any atom is 0.257 e. The lowest BCUT2D eigenvalue weighted by Gasteiger charge is -2.33. The third kappa shape index (κ3) is 8.12. The molecule has 1 heterocycles. The van der Waals surface area contributed by atoms with Crippen LogP contribution >= 0.6 is 23.2 Å². The van der Waals surface area contributed by atoms with Crippen LogP contribution in [0, 0.1) is 0 Å². The van der Waals surface area contributed by atoms with Gasteiger partial charge in [0, 0.05) is 35.8 Å². The lowest BCUT2D eigenvalue weighted by molar-refractivity contribution is -0.128. The predicted molar refractivity (Wildman–Crippen MR) is 131 cm³/mol. The van der Waals surface area contributed by atoms with Crippen molar-refractivity contribution in [2.24, 2.45) is 5.10 Å². The average Bonchev–Trinajstić information content (AvgIpc) is 2.83. The highest BCUT2D eigenvalue weighted by atomic mass is 35.5. The average molecular weight is 491 g/mol. The van der Waals surface area contributed by atoms with Gasteiger partial charge in [-0.15, -0.1) is 0 Å². The number of hydrogen-bond acceptors (Lipinski definition) is 5. The van der Waals surface area contributed by atoms with Gasteiger partial charge in [0.25, 0.3) is 11.8 Å². The van der Waals surface area contributed by atoms with Crippen molar-refractivity contribution in [3.63, 3.8) is 0 Å². The van der Waals surface area contributed by atoms with Crippen LogP contribution in [-0.2, 0) is 9.53 Å². The Bertz CT molecular complexity index is 950. The lowest BCUT2D eigenvalue weighted by atomic mass is 10.1. The highest BCUT2D eigenvalue weighted by Crippen LogP contribution is 2.19. The van der Waals surface area contributed by atoms with Gasteiger partial charge in [0.2, 0.25) is 0 Å². The molecule has 2 aromatic rings. The zero-order chi connectivity index (χ0) is 23.5. The molecule has 176 valence electrons. The number of halogens is 2. The molecule has 0 saturated carbocycles. The minimum atomic E-state index is -0.323. The number of carbonyl (C=O) groups excluding carboxylic acids is 2. The molecular weight excluding hydrogens is 463 g/mol. The monoisotopic (exact) mass is 490 g/mol. The number of hydrogen-bond donors (Lipinski definition) is 2. The second-order valence-corrected chi connectivity index (χ2v) is 8.53. The van der Waals surface area contributed by atoms with Crippen molar-refractivity contribution in [3.8, 4) is 0 Å². The molecule has 1 saturated heterocycles. The molecule has 0 spiro atoms. The summed E-state index contributed by atoms with van der Waals surface area (Å²) in [6, 6.07) is 13.9. The summed E-state index contributed by atoms with van der Waals surface area (Å²) in [7, 11) is 0. The van der Waals surface area contributed by atoms with Gasteiger partial charge in [-0.3, -0.25) is 14.5 Å². The summed E-state index contributed by atoms with van der Waals surface area (Å²) in [6.45, 7) is 3.13. The van der Waals surface area contributed by atoms with E-state index in [1.807, 2.05) is 18.2 Å². The molecule has 7 nitrogen and oxygen atoms in total. The molecule has 1 aliphatic rings. The van der Waals surface area contributed by atoms with E-state index in [4.69, 9.17) is 27.9 Å². The second kappa shape index (κ2) is 13.3. The van der Waals surface area contributed by atoms with E-state index in [1.165, 1.54) is 6.21 Å². The molecule has 2 aromatic carbocycles. The van der Waals surface area contributed by atoms with Crippen LogP contribution < -0.4 is 10.7 Å². The number of hydrazone groups is 1. The fourth-order valence-corrected chi connectivity index (χ4v) is 4.03. The molecule has 1 aliphatic heterocycles. The molecule has 0 aliphatic carbocycles. The topological polar surface area (TPSA) is 83.0 Å². The van der Waals surface area contributed by atoms with Crippen molar-refractivity contribution in [2.75, 3.05) is 32.8 Å². The van der Waals surface area contributed by atoms with E-state index in [-0.39, 0.29) is 17.9 Å². The summed E-state index contributed by atoms with van der Waals surface area (Å²) in [6.07, 6.45) is 3.73. The Morgan fingerprint density at radius 3 is 2.58 bits per heavy atom. The third-order valence-electron chi connectivity index (χ3n) is 5.36. The van der Waals surface area contributed by atoms with Gasteiger partial charge in [-0.05, 0) is 43.5 Å². The smallest absolute Gasteiger partial charge is 0.257 e. The van der Waals surface area contributed by atoms with E-state index < -0.39 is 0 Å². The van der Waals surface area contributed by atoms with E-state index in [1.54, 1.807) is 30.3 Å². The predicted octanol–water partition coefficient (Wildman–Crippen LogP) is 3.74. The number of ether oxygens (including phenoxy) is 1. The Labute approximate surface area is 204 Å². The standard InChI is InChI=1S/C24H28Cl2N4O3/c25-20-10-9-19(21(26)16-20)17-28-29-24(32)22(30-12-14-33-15-13-30)8-4-5-11-27-23(31)18-6-2-1-3-7-18/h1-3,6-7,9-10,16-17,22H,4-5,8,11-15H2,(H,27,31)(H,29,32)/b28-17+/t22-/m0/s1. The van der Waals surface area contributed by atoms with Crippen molar-refractivity contribution in [3.05, 3.63) is 69.7 Å². The van der Waals surface area contributed by atoms with Gasteiger partial charge in [0.15, 0.2) is 0 Å². The van der Waals surface area contributed by atoms with Crippen LogP contribution in [-0.4, -0.2) is 61.8 Å². The van der Waals surface area contributed by atoms with Gasteiger partial charge in [-0.1, -0.05) is 47.5 Å². The highest BCUT2D eigenvalue weighted by Gasteiger charge is 2.26. The maximum atomic E-state index is 12.9. The molecule has 0 radical (unpaired) electrons. The Hall–Kier alpha value is -2.45. The normalized spacial score (nSPS) is 15.3. The first-order valence-corrected chi connectivity index (χ1v) is 11.7. The van der Waals surface area contributed by atoms with Crippen LogP contribution in [0.3, 0.4) is 0 Å². The van der Waals surface area contributed by atoms with Crippen LogP contribution in [0.25, 0.3) is 0 Å². The minimum absolute atomic E-state index is 0.0896. The van der Waals surface area contributed by atoms with Gasteiger partial charge >= 0.3 is 0 Å². The molecule has 9 heteroatoms. The quantitative estimate of drug-likeness (QED) is 0.301. The first kappa shape index (κ1) is 25.2. The van der Waals surface area contributed by atoms with E-state index in [0.717, 1.165) is 12.8 Å². The second-order valence-electron chi connectivity index (χ2n) is 7.68. The molecule has 2 amide bonds. The van der Waals surface area contributed by atoms with Crippen molar-refractivity contribution in [1.82, 2.24) is 15.6 Å². The number of benzene rings is 2.